The third-order valence-electron chi connectivity index (χ3n) is 2.34. The average molecular weight is 122 g/mol. The van der Waals surface area contributed by atoms with Crippen molar-refractivity contribution in [2.75, 3.05) is 0 Å². The molecule has 1 N–H and O–H groups in total. The van der Waals surface area contributed by atoms with E-state index in [4.69, 9.17) is 0 Å². The number of aromatic nitrogens is 2. The number of nitrogens with one attached hydrogen (secondary N) is 1. The Morgan fingerprint density at radius 1 is 1.44 bits per heavy atom. The first kappa shape index (κ1) is 5.03. The summed E-state index contributed by atoms with van der Waals surface area (Å²) >= 11 is 0. The molecule has 1 heterocycles. The summed E-state index contributed by atoms with van der Waals surface area (Å²) < 4.78 is 0. The van der Waals surface area contributed by atoms with Gasteiger partial charge in [-0.25, -0.2) is 4.98 Å². The number of hydrogen-bond donors (Lipinski definition) is 1. The fraction of sp³-hybridized carbons (Fsp3) is 0.571. The van der Waals surface area contributed by atoms with Crippen LogP contribution in [0.15, 0.2) is 6.33 Å². The molecule has 2 heteroatoms. The van der Waals surface area contributed by atoms with Gasteiger partial charge in [-0.05, 0) is 0 Å². The first-order valence-corrected chi connectivity index (χ1v) is 3.34. The van der Waals surface area contributed by atoms with Gasteiger partial charge < -0.3 is 4.98 Å². The van der Waals surface area contributed by atoms with E-state index in [2.05, 4.69) is 23.8 Å². The summed E-state index contributed by atoms with van der Waals surface area (Å²) in [6, 6.07) is 0. The van der Waals surface area contributed by atoms with Crippen LogP contribution in [0.5, 0.6) is 0 Å². The van der Waals surface area contributed by atoms with Crippen LogP contribution >= 0.6 is 0 Å². The normalized spacial score (nSPS) is 31.3. The predicted octanol–water partition coefficient (Wildman–Crippen LogP) is 1.63. The smallest absolute Gasteiger partial charge is 0.0925 e. The molecule has 1 aliphatic rings. The maximum Gasteiger partial charge on any atom is 0.0925 e. The molecule has 2 nitrogen and oxygen atoms in total. The van der Waals surface area contributed by atoms with E-state index in [0.717, 1.165) is 0 Å². The number of aromatic amines is 1. The summed E-state index contributed by atoms with van der Waals surface area (Å²) in [6.07, 6.45) is 1.78. The molecule has 0 aliphatic heterocycles. The summed E-state index contributed by atoms with van der Waals surface area (Å²) in [5.74, 6) is 1.37. The number of nitrogens with zero attached hydrogens (tertiary/aromatic N) is 1. The zero-order valence-electron chi connectivity index (χ0n) is 5.68. The Morgan fingerprint density at radius 2 is 2.22 bits per heavy atom. The van der Waals surface area contributed by atoms with Crippen molar-refractivity contribution in [2.45, 2.75) is 25.7 Å². The fourth-order valence-corrected chi connectivity index (χ4v) is 1.43. The van der Waals surface area contributed by atoms with Crippen molar-refractivity contribution in [3.63, 3.8) is 0 Å². The molecule has 0 saturated heterocycles. The number of rotatable bonds is 0. The Labute approximate surface area is 54.3 Å². The van der Waals surface area contributed by atoms with E-state index in [1.807, 2.05) is 0 Å². The van der Waals surface area contributed by atoms with E-state index in [1.54, 1.807) is 6.33 Å². The monoisotopic (exact) mass is 122 g/mol. The van der Waals surface area contributed by atoms with Gasteiger partial charge in [-0.1, -0.05) is 13.8 Å². The van der Waals surface area contributed by atoms with Crippen LogP contribution in [0.4, 0.5) is 0 Å². The van der Waals surface area contributed by atoms with Crippen molar-refractivity contribution in [3.05, 3.63) is 17.7 Å². The molecule has 1 aromatic heterocycles. The van der Waals surface area contributed by atoms with Crippen LogP contribution in [-0.2, 0) is 0 Å². The fourth-order valence-electron chi connectivity index (χ4n) is 1.43. The van der Waals surface area contributed by atoms with E-state index in [-0.39, 0.29) is 0 Å². The summed E-state index contributed by atoms with van der Waals surface area (Å²) in [5, 5.41) is 0. The standard InChI is InChI=1S/C7H10N2/c1-4-5(2)7-6(4)8-3-9-7/h3-5H,1-2H3,(H,8,9)/t4-,5?/m0/s1. The SMILES string of the molecule is CC1c2nc[nH]c2[C@H]1C. The van der Waals surface area contributed by atoms with Gasteiger partial charge in [-0.2, -0.15) is 0 Å². The van der Waals surface area contributed by atoms with Crippen LogP contribution in [0.2, 0.25) is 0 Å². The highest BCUT2D eigenvalue weighted by molar-refractivity contribution is 5.32. The van der Waals surface area contributed by atoms with Gasteiger partial charge in [0.1, 0.15) is 0 Å². The molecular formula is C7H10N2. The van der Waals surface area contributed by atoms with Crippen molar-refractivity contribution in [1.82, 2.24) is 9.97 Å². The molecule has 0 bridgehead atoms. The van der Waals surface area contributed by atoms with Gasteiger partial charge >= 0.3 is 0 Å². The lowest BCUT2D eigenvalue weighted by Gasteiger charge is -2.28. The molecule has 48 valence electrons. The van der Waals surface area contributed by atoms with E-state index in [0.29, 0.717) is 11.8 Å². The van der Waals surface area contributed by atoms with Gasteiger partial charge in [0.2, 0.25) is 0 Å². The minimum absolute atomic E-state index is 0.672. The first-order chi connectivity index (χ1) is 4.30. The highest BCUT2D eigenvalue weighted by atomic mass is 14.9. The van der Waals surface area contributed by atoms with E-state index < -0.39 is 0 Å². The molecule has 1 unspecified atom stereocenters. The van der Waals surface area contributed by atoms with Crippen molar-refractivity contribution >= 4 is 0 Å². The lowest BCUT2D eigenvalue weighted by atomic mass is 9.77. The molecule has 2 atom stereocenters. The van der Waals surface area contributed by atoms with E-state index in [1.165, 1.54) is 11.4 Å². The van der Waals surface area contributed by atoms with Crippen molar-refractivity contribution in [2.24, 2.45) is 0 Å². The maximum atomic E-state index is 4.18. The van der Waals surface area contributed by atoms with Crippen molar-refractivity contribution in [1.29, 1.82) is 0 Å². The Kier molecular flexibility index (Phi) is 0.770. The second kappa shape index (κ2) is 1.38. The molecule has 0 saturated carbocycles. The zero-order chi connectivity index (χ0) is 6.43. The van der Waals surface area contributed by atoms with Gasteiger partial charge in [0.15, 0.2) is 0 Å². The van der Waals surface area contributed by atoms with Crippen LogP contribution in [0, 0.1) is 0 Å². The highest BCUT2D eigenvalue weighted by Gasteiger charge is 2.32. The van der Waals surface area contributed by atoms with Crippen LogP contribution < -0.4 is 0 Å². The molecule has 2 rings (SSSR count). The predicted molar refractivity (Wildman–Crippen MR) is 35.4 cm³/mol. The first-order valence-electron chi connectivity index (χ1n) is 3.34. The minimum Gasteiger partial charge on any atom is -0.348 e. The lowest BCUT2D eigenvalue weighted by Crippen LogP contribution is -2.18. The van der Waals surface area contributed by atoms with Crippen molar-refractivity contribution < 1.29 is 0 Å². The molecule has 0 spiro atoms. The molecule has 9 heavy (non-hydrogen) atoms. The number of fused-ring (bicyclic) bond motifs is 1. The number of hydrogen-bond acceptors (Lipinski definition) is 1. The Morgan fingerprint density at radius 3 is 2.89 bits per heavy atom. The zero-order valence-corrected chi connectivity index (χ0v) is 5.68. The van der Waals surface area contributed by atoms with E-state index >= 15 is 0 Å². The van der Waals surface area contributed by atoms with Crippen LogP contribution in [0.1, 0.15) is 37.1 Å². The number of H-pyrrole nitrogens is 1. The Balaban J connectivity index is 2.50. The van der Waals surface area contributed by atoms with Crippen LogP contribution in [0.25, 0.3) is 0 Å². The maximum absolute atomic E-state index is 4.18. The lowest BCUT2D eigenvalue weighted by molar-refractivity contribution is 0.518. The summed E-state index contributed by atoms with van der Waals surface area (Å²) in [4.78, 5) is 7.30. The molecule has 0 amide bonds. The molecule has 1 aromatic rings. The second-order valence-electron chi connectivity index (χ2n) is 2.78. The summed E-state index contributed by atoms with van der Waals surface area (Å²) in [6.45, 7) is 4.44. The van der Waals surface area contributed by atoms with E-state index in [9.17, 15) is 0 Å². The quantitative estimate of drug-likeness (QED) is 0.556. The second-order valence-corrected chi connectivity index (χ2v) is 2.78. The van der Waals surface area contributed by atoms with Gasteiger partial charge in [-0.15, -0.1) is 0 Å². The number of imidazole rings is 1. The third-order valence-corrected chi connectivity index (χ3v) is 2.34. The molecule has 0 aromatic carbocycles. The minimum atomic E-state index is 0.672. The third kappa shape index (κ3) is 0.435. The summed E-state index contributed by atoms with van der Waals surface area (Å²) in [7, 11) is 0. The van der Waals surface area contributed by atoms with Gasteiger partial charge in [0.25, 0.3) is 0 Å². The Bertz CT molecular complexity index is 204. The molecular weight excluding hydrogens is 112 g/mol. The van der Waals surface area contributed by atoms with Crippen LogP contribution in [-0.4, -0.2) is 9.97 Å². The van der Waals surface area contributed by atoms with Crippen LogP contribution in [0.3, 0.4) is 0 Å². The van der Waals surface area contributed by atoms with Crippen molar-refractivity contribution in [3.8, 4) is 0 Å². The average Bonchev–Trinajstić information content (AvgIpc) is 2.30. The topological polar surface area (TPSA) is 28.7 Å². The van der Waals surface area contributed by atoms with Gasteiger partial charge in [0, 0.05) is 17.5 Å². The Hall–Kier alpha value is -0.790. The highest BCUT2D eigenvalue weighted by Crippen LogP contribution is 2.42. The molecule has 0 radical (unpaired) electrons. The molecule has 1 aliphatic carbocycles. The van der Waals surface area contributed by atoms with Gasteiger partial charge in [-0.3, -0.25) is 0 Å². The largest absolute Gasteiger partial charge is 0.348 e. The summed E-state index contributed by atoms with van der Waals surface area (Å²) in [5.41, 5.74) is 2.60. The van der Waals surface area contributed by atoms with Gasteiger partial charge in [0.05, 0.1) is 12.0 Å². The molecule has 0 fully saturated rings.